The summed E-state index contributed by atoms with van der Waals surface area (Å²) in [5.41, 5.74) is 0.288. The maximum atomic E-state index is 11.1. The maximum absolute atomic E-state index is 11.1. The highest BCUT2D eigenvalue weighted by molar-refractivity contribution is 7.88. The van der Waals surface area contributed by atoms with Crippen LogP contribution in [0.1, 0.15) is 10.4 Å². The molecule has 0 saturated heterocycles. The number of hydrogen-bond acceptors (Lipinski definition) is 4. The molecule has 5 nitrogen and oxygen atoms in total. The van der Waals surface area contributed by atoms with E-state index in [2.05, 4.69) is 9.88 Å². The van der Waals surface area contributed by atoms with Crippen LogP contribution in [0.5, 0.6) is 0 Å². The van der Waals surface area contributed by atoms with Gasteiger partial charge in [-0.15, -0.1) is 0 Å². The topological polar surface area (TPSA) is 86.5 Å². The van der Waals surface area contributed by atoms with E-state index in [0.29, 0.717) is 0 Å². The minimum Gasteiger partial charge on any atom is -0.444 e. The first kappa shape index (κ1) is 10.7. The zero-order valence-electron chi connectivity index (χ0n) is 7.21. The smallest absolute Gasteiger partial charge is 0.339 e. The lowest BCUT2D eigenvalue weighted by Crippen LogP contribution is -2.21. The molecule has 0 amide bonds. The van der Waals surface area contributed by atoms with Crippen molar-refractivity contribution in [3.8, 4) is 0 Å². The van der Waals surface area contributed by atoms with Crippen LogP contribution >= 0.6 is 0 Å². The van der Waals surface area contributed by atoms with Crippen LogP contribution in [-0.2, 0) is 14.8 Å². The molecule has 0 aliphatic rings. The predicted octanol–water partition coefficient (Wildman–Crippen LogP) is 0.0894. The van der Waals surface area contributed by atoms with E-state index < -0.39 is 21.9 Å². The van der Waals surface area contributed by atoms with E-state index in [1.165, 1.54) is 12.1 Å². The van der Waals surface area contributed by atoms with Gasteiger partial charge in [-0.05, 0) is 12.1 Å². The fourth-order valence-electron chi connectivity index (χ4n) is 0.793. The highest BCUT2D eigenvalue weighted by Crippen LogP contribution is 2.01. The number of benzene rings is 1. The van der Waals surface area contributed by atoms with Crippen molar-refractivity contribution in [3.63, 3.8) is 0 Å². The molecule has 0 radical (unpaired) electrons. The van der Waals surface area contributed by atoms with E-state index in [1.807, 2.05) is 0 Å². The number of rotatable bonds is 3. The van der Waals surface area contributed by atoms with Crippen LogP contribution in [0.25, 0.3) is 0 Å². The zero-order chi connectivity index (χ0) is 10.6. The summed E-state index contributed by atoms with van der Waals surface area (Å²) < 4.78 is 25.4. The van der Waals surface area contributed by atoms with Gasteiger partial charge in [0.1, 0.15) is 0 Å². The van der Waals surface area contributed by atoms with Gasteiger partial charge >= 0.3 is 5.97 Å². The number of sulfonamides is 1. The molecule has 0 heterocycles. The first-order valence-corrected chi connectivity index (χ1v) is 5.43. The molecule has 1 aromatic rings. The van der Waals surface area contributed by atoms with Crippen molar-refractivity contribution in [3.05, 3.63) is 35.9 Å². The third kappa shape index (κ3) is 3.55. The predicted molar refractivity (Wildman–Crippen MR) is 49.8 cm³/mol. The summed E-state index contributed by atoms with van der Waals surface area (Å²) in [5, 5.41) is 4.66. The molecule has 0 unspecified atom stereocenters. The van der Waals surface area contributed by atoms with Gasteiger partial charge < -0.3 is 4.74 Å². The Bertz CT molecular complexity index is 412. The molecule has 0 saturated carbocycles. The molecule has 2 N–H and O–H groups in total. The van der Waals surface area contributed by atoms with E-state index in [4.69, 9.17) is 0 Å². The highest BCUT2D eigenvalue weighted by Gasteiger charge is 2.10. The van der Waals surface area contributed by atoms with Gasteiger partial charge in [0.15, 0.2) is 0 Å². The molecule has 1 rings (SSSR count). The van der Waals surface area contributed by atoms with Crippen molar-refractivity contribution in [1.29, 1.82) is 0 Å². The van der Waals surface area contributed by atoms with Gasteiger partial charge in [-0.3, -0.25) is 0 Å². The van der Waals surface area contributed by atoms with Crippen LogP contribution in [0.2, 0.25) is 0 Å². The first-order valence-electron chi connectivity index (χ1n) is 3.72. The van der Waals surface area contributed by atoms with Crippen LogP contribution in [0.3, 0.4) is 0 Å². The molecule has 6 heteroatoms. The van der Waals surface area contributed by atoms with Gasteiger partial charge in [0.2, 0.25) is 16.0 Å². The number of primary sulfonamides is 1. The minimum absolute atomic E-state index is 0.288. The summed E-state index contributed by atoms with van der Waals surface area (Å²) in [4.78, 5) is 11.1. The van der Waals surface area contributed by atoms with Crippen LogP contribution in [0, 0.1) is 0 Å². The lowest BCUT2D eigenvalue weighted by Gasteiger charge is -2.01. The van der Waals surface area contributed by atoms with Crippen LogP contribution in [0.4, 0.5) is 0 Å². The Kier molecular flexibility index (Phi) is 3.21. The molecule has 14 heavy (non-hydrogen) atoms. The van der Waals surface area contributed by atoms with E-state index in [1.54, 1.807) is 18.2 Å². The highest BCUT2D eigenvalue weighted by atomic mass is 32.2. The Morgan fingerprint density at radius 2 is 1.86 bits per heavy atom. The molecular formula is C8H9NO4S. The minimum atomic E-state index is -3.77. The molecule has 0 spiro atoms. The average Bonchev–Trinajstić information content (AvgIpc) is 2.14. The molecule has 0 aromatic heterocycles. The summed E-state index contributed by atoms with van der Waals surface area (Å²) in [6, 6.07) is 8.06. The van der Waals surface area contributed by atoms with Crippen molar-refractivity contribution < 1.29 is 17.9 Å². The van der Waals surface area contributed by atoms with Gasteiger partial charge in [-0.2, -0.15) is 0 Å². The Hall–Kier alpha value is -1.40. The normalized spacial score (nSPS) is 10.9. The molecule has 0 aliphatic carbocycles. The quantitative estimate of drug-likeness (QED) is 0.724. The van der Waals surface area contributed by atoms with Crippen molar-refractivity contribution in [1.82, 2.24) is 0 Å². The Labute approximate surface area is 81.5 Å². The van der Waals surface area contributed by atoms with Crippen LogP contribution in [-0.4, -0.2) is 20.3 Å². The zero-order valence-corrected chi connectivity index (χ0v) is 8.03. The van der Waals surface area contributed by atoms with Crippen molar-refractivity contribution >= 4 is 16.0 Å². The van der Waals surface area contributed by atoms with Gasteiger partial charge in [-0.25, -0.2) is 18.4 Å². The molecule has 1 aromatic carbocycles. The fraction of sp³-hybridized carbons (Fsp3) is 0.125. The van der Waals surface area contributed by atoms with Gasteiger partial charge in [0.05, 0.1) is 5.56 Å². The van der Waals surface area contributed by atoms with E-state index in [-0.39, 0.29) is 5.56 Å². The van der Waals surface area contributed by atoms with Gasteiger partial charge in [0, 0.05) is 0 Å². The molecule has 0 fully saturated rings. The van der Waals surface area contributed by atoms with E-state index >= 15 is 0 Å². The second kappa shape index (κ2) is 4.21. The molecule has 0 bridgehead atoms. The van der Waals surface area contributed by atoms with E-state index in [0.717, 1.165) is 0 Å². The third-order valence-corrected chi connectivity index (χ3v) is 1.81. The Morgan fingerprint density at radius 1 is 1.29 bits per heavy atom. The summed E-state index contributed by atoms with van der Waals surface area (Å²) in [5.74, 6) is -1.51. The number of hydrogen-bond donors (Lipinski definition) is 1. The number of esters is 1. The Balaban J connectivity index is 2.61. The summed E-state index contributed by atoms with van der Waals surface area (Å²) >= 11 is 0. The summed E-state index contributed by atoms with van der Waals surface area (Å²) in [6.45, 7) is 0. The summed E-state index contributed by atoms with van der Waals surface area (Å²) in [6.07, 6.45) is 0. The van der Waals surface area contributed by atoms with Crippen LogP contribution < -0.4 is 5.14 Å². The third-order valence-electron chi connectivity index (χ3n) is 1.36. The van der Waals surface area contributed by atoms with Gasteiger partial charge in [-0.1, -0.05) is 18.2 Å². The monoisotopic (exact) mass is 215 g/mol. The average molecular weight is 215 g/mol. The van der Waals surface area contributed by atoms with Crippen LogP contribution in [0.15, 0.2) is 30.3 Å². The van der Waals surface area contributed by atoms with Crippen molar-refractivity contribution in [2.24, 2.45) is 5.14 Å². The molecule has 0 aliphatic heterocycles. The second-order valence-corrected chi connectivity index (χ2v) is 4.14. The number of carbonyl (C=O) groups is 1. The SMILES string of the molecule is NS(=O)(=O)COC(=O)c1ccccc1. The molecular weight excluding hydrogens is 206 g/mol. The standard InChI is InChI=1S/C8H9NO4S/c9-14(11,12)6-13-8(10)7-4-2-1-3-5-7/h1-5H,6H2,(H2,9,11,12). The first-order chi connectivity index (χ1) is 6.49. The largest absolute Gasteiger partial charge is 0.444 e. The van der Waals surface area contributed by atoms with Crippen molar-refractivity contribution in [2.75, 3.05) is 5.94 Å². The summed E-state index contributed by atoms with van der Waals surface area (Å²) in [7, 11) is -3.77. The van der Waals surface area contributed by atoms with Crippen molar-refractivity contribution in [2.45, 2.75) is 0 Å². The number of carbonyl (C=O) groups excluding carboxylic acids is 1. The van der Waals surface area contributed by atoms with Gasteiger partial charge in [0.25, 0.3) is 0 Å². The number of ether oxygens (including phenoxy) is 1. The maximum Gasteiger partial charge on any atom is 0.339 e. The fourth-order valence-corrected chi connectivity index (χ4v) is 1.06. The lowest BCUT2D eigenvalue weighted by molar-refractivity contribution is 0.0571. The Morgan fingerprint density at radius 3 is 2.36 bits per heavy atom. The van der Waals surface area contributed by atoms with E-state index in [9.17, 15) is 13.2 Å². The molecule has 0 atom stereocenters. The second-order valence-electron chi connectivity index (χ2n) is 2.58. The molecule has 76 valence electrons. The lowest BCUT2D eigenvalue weighted by atomic mass is 10.2. The number of nitrogens with two attached hydrogens (primary N) is 1.